The Morgan fingerprint density at radius 3 is 2.37 bits per heavy atom. The van der Waals surface area contributed by atoms with E-state index in [1.165, 1.54) is 13.0 Å². The Balaban J connectivity index is 2.48. The third-order valence-corrected chi connectivity index (χ3v) is 5.95. The van der Waals surface area contributed by atoms with Crippen LogP contribution in [0.25, 0.3) is 0 Å². The number of carbonyl (C=O) groups excluding carboxylic acids is 3. The molecule has 0 aliphatic heterocycles. The molecule has 0 heterocycles. The molecule has 0 unspecified atom stereocenters. The third kappa shape index (κ3) is 4.07. The van der Waals surface area contributed by atoms with E-state index in [2.05, 4.69) is 6.58 Å². The Morgan fingerprint density at radius 2 is 1.85 bits per heavy atom. The van der Waals surface area contributed by atoms with Crippen LogP contribution < -0.4 is 0 Å². The first-order valence-corrected chi connectivity index (χ1v) is 9.39. The van der Waals surface area contributed by atoms with Crippen molar-refractivity contribution in [3.05, 3.63) is 35.5 Å². The van der Waals surface area contributed by atoms with Crippen molar-refractivity contribution in [3.63, 3.8) is 0 Å². The van der Waals surface area contributed by atoms with Crippen molar-refractivity contribution < 1.29 is 23.9 Å². The zero-order chi connectivity index (χ0) is 20.5. The lowest BCUT2D eigenvalue weighted by Crippen LogP contribution is -2.51. The molecule has 2 aliphatic carbocycles. The Kier molecular flexibility index (Phi) is 6.13. The Bertz CT molecular complexity index is 725. The summed E-state index contributed by atoms with van der Waals surface area (Å²) in [6.45, 7) is 14.8. The van der Waals surface area contributed by atoms with Gasteiger partial charge in [0.2, 0.25) is 0 Å². The number of allylic oxidation sites excluding steroid dienone is 2. The van der Waals surface area contributed by atoms with Gasteiger partial charge in [0.05, 0.1) is 0 Å². The van der Waals surface area contributed by atoms with Crippen LogP contribution in [0.1, 0.15) is 54.4 Å². The lowest BCUT2D eigenvalue weighted by molar-refractivity contribution is -0.164. The van der Waals surface area contributed by atoms with E-state index in [1.54, 1.807) is 6.08 Å². The number of rotatable bonds is 4. The molecule has 2 aliphatic rings. The molecular weight excluding hydrogens is 344 g/mol. The van der Waals surface area contributed by atoms with E-state index in [9.17, 15) is 14.4 Å². The highest BCUT2D eigenvalue weighted by Crippen LogP contribution is 2.57. The molecule has 0 aromatic rings. The zero-order valence-corrected chi connectivity index (χ0v) is 17.1. The number of hydrogen-bond acceptors (Lipinski definition) is 5. The number of esters is 2. The number of ketones is 1. The maximum absolute atomic E-state index is 12.5. The summed E-state index contributed by atoms with van der Waals surface area (Å²) in [5.41, 5.74) is 2.21. The van der Waals surface area contributed by atoms with Crippen LogP contribution in [0.3, 0.4) is 0 Å². The maximum atomic E-state index is 12.5. The van der Waals surface area contributed by atoms with E-state index in [4.69, 9.17) is 9.47 Å². The molecule has 1 spiro atoms. The number of ether oxygens (including phenoxy) is 2. The van der Waals surface area contributed by atoms with Gasteiger partial charge in [-0.25, -0.2) is 4.79 Å². The topological polar surface area (TPSA) is 69.7 Å². The summed E-state index contributed by atoms with van der Waals surface area (Å²) in [6.07, 6.45) is 3.12. The highest BCUT2D eigenvalue weighted by molar-refractivity contribution is 5.97. The van der Waals surface area contributed by atoms with Gasteiger partial charge in [-0.2, -0.15) is 0 Å². The highest BCUT2D eigenvalue weighted by atomic mass is 16.6. The second-order valence-corrected chi connectivity index (χ2v) is 8.22. The van der Waals surface area contributed by atoms with Gasteiger partial charge < -0.3 is 9.47 Å². The fourth-order valence-corrected chi connectivity index (χ4v) is 4.57. The van der Waals surface area contributed by atoms with Crippen LogP contribution in [0.4, 0.5) is 0 Å². The first-order valence-electron chi connectivity index (χ1n) is 9.39. The monoisotopic (exact) mass is 374 g/mol. The van der Waals surface area contributed by atoms with Crippen molar-refractivity contribution in [1.82, 2.24) is 0 Å². The fraction of sp³-hybridized carbons (Fsp3) is 0.591. The molecule has 0 amide bonds. The van der Waals surface area contributed by atoms with Crippen LogP contribution in [0.2, 0.25) is 0 Å². The van der Waals surface area contributed by atoms with E-state index < -0.39 is 23.6 Å². The van der Waals surface area contributed by atoms with E-state index in [0.717, 1.165) is 16.7 Å². The molecule has 0 bridgehead atoms. The van der Waals surface area contributed by atoms with Crippen molar-refractivity contribution in [1.29, 1.82) is 0 Å². The van der Waals surface area contributed by atoms with Gasteiger partial charge >= 0.3 is 11.9 Å². The van der Waals surface area contributed by atoms with Gasteiger partial charge in [0, 0.05) is 24.3 Å². The Hall–Kier alpha value is -2.17. The molecule has 5 heteroatoms. The molecule has 5 nitrogen and oxygen atoms in total. The quantitative estimate of drug-likeness (QED) is 0.424. The van der Waals surface area contributed by atoms with Gasteiger partial charge in [0.1, 0.15) is 6.10 Å². The molecule has 0 aromatic carbocycles. The van der Waals surface area contributed by atoms with Crippen molar-refractivity contribution in [2.24, 2.45) is 17.3 Å². The SMILES string of the molecule is C=C(C)[C@@H]1C[C@@H](OC(=O)C=C(C)C)[C@]2(C1)C(C)=CC(=O)[C@H](OC(C)=O)[C@H]2C. The Labute approximate surface area is 161 Å². The molecule has 27 heavy (non-hydrogen) atoms. The predicted molar refractivity (Wildman–Crippen MR) is 103 cm³/mol. The first-order chi connectivity index (χ1) is 12.5. The van der Waals surface area contributed by atoms with Crippen molar-refractivity contribution in [2.75, 3.05) is 0 Å². The lowest BCUT2D eigenvalue weighted by atomic mass is 9.62. The summed E-state index contributed by atoms with van der Waals surface area (Å²) in [6, 6.07) is 0. The standard InChI is InChI=1S/C22H30O5/c1-12(2)8-20(25)27-19-10-17(13(3)4)11-22(19)14(5)9-18(24)21(15(22)6)26-16(7)23/h8-9,15,17,19,21H,3,10-11H2,1-2,4-7H3/t15-,17-,19-,21-,22-/m1/s1. The van der Waals surface area contributed by atoms with Crippen molar-refractivity contribution in [2.45, 2.75) is 66.6 Å². The molecule has 5 atom stereocenters. The van der Waals surface area contributed by atoms with Gasteiger partial charge in [-0.05, 0) is 52.5 Å². The van der Waals surface area contributed by atoms with Crippen molar-refractivity contribution >= 4 is 17.7 Å². The molecule has 0 radical (unpaired) electrons. The Morgan fingerprint density at radius 1 is 1.22 bits per heavy atom. The molecule has 0 N–H and O–H groups in total. The van der Waals surface area contributed by atoms with Crippen molar-refractivity contribution in [3.8, 4) is 0 Å². The largest absolute Gasteiger partial charge is 0.458 e. The van der Waals surface area contributed by atoms with Gasteiger partial charge in [0.15, 0.2) is 11.9 Å². The summed E-state index contributed by atoms with van der Waals surface area (Å²) >= 11 is 0. The minimum absolute atomic E-state index is 0.173. The highest BCUT2D eigenvalue weighted by Gasteiger charge is 2.58. The summed E-state index contributed by atoms with van der Waals surface area (Å²) in [5.74, 6) is -1.22. The lowest BCUT2D eigenvalue weighted by Gasteiger charge is -2.46. The summed E-state index contributed by atoms with van der Waals surface area (Å²) in [4.78, 5) is 36.4. The van der Waals surface area contributed by atoms with Crippen LogP contribution in [-0.2, 0) is 23.9 Å². The van der Waals surface area contributed by atoms with E-state index in [0.29, 0.717) is 12.8 Å². The van der Waals surface area contributed by atoms with Gasteiger partial charge in [-0.3, -0.25) is 9.59 Å². The van der Waals surface area contributed by atoms with Gasteiger partial charge in [-0.1, -0.05) is 30.2 Å². The average molecular weight is 374 g/mol. The molecular formula is C22H30O5. The van der Waals surface area contributed by atoms with Crippen LogP contribution in [0.15, 0.2) is 35.5 Å². The van der Waals surface area contributed by atoms with Gasteiger partial charge in [0.25, 0.3) is 0 Å². The molecule has 148 valence electrons. The predicted octanol–water partition coefficient (Wildman–Crippen LogP) is 3.93. The summed E-state index contributed by atoms with van der Waals surface area (Å²) in [5, 5.41) is 0. The van der Waals surface area contributed by atoms with E-state index in [1.807, 2.05) is 34.6 Å². The molecule has 0 saturated heterocycles. The molecule has 1 saturated carbocycles. The second kappa shape index (κ2) is 7.83. The van der Waals surface area contributed by atoms with Crippen LogP contribution in [0.5, 0.6) is 0 Å². The van der Waals surface area contributed by atoms with E-state index >= 15 is 0 Å². The first kappa shape index (κ1) is 21.1. The molecule has 2 rings (SSSR count). The maximum Gasteiger partial charge on any atom is 0.330 e. The average Bonchev–Trinajstić information content (AvgIpc) is 2.89. The minimum Gasteiger partial charge on any atom is -0.458 e. The third-order valence-electron chi connectivity index (χ3n) is 5.95. The number of carbonyl (C=O) groups is 3. The molecule has 1 fully saturated rings. The fourth-order valence-electron chi connectivity index (χ4n) is 4.57. The molecule has 0 aromatic heterocycles. The summed E-state index contributed by atoms with van der Waals surface area (Å²) < 4.78 is 11.2. The van der Waals surface area contributed by atoms with Crippen LogP contribution >= 0.6 is 0 Å². The normalized spacial score (nSPS) is 32.7. The second-order valence-electron chi connectivity index (χ2n) is 8.22. The zero-order valence-electron chi connectivity index (χ0n) is 17.1. The summed E-state index contributed by atoms with van der Waals surface area (Å²) in [7, 11) is 0. The van der Waals surface area contributed by atoms with Gasteiger partial charge in [-0.15, -0.1) is 0 Å². The minimum atomic E-state index is -0.861. The number of hydrogen-bond donors (Lipinski definition) is 0. The van der Waals surface area contributed by atoms with Crippen LogP contribution in [-0.4, -0.2) is 29.9 Å². The van der Waals surface area contributed by atoms with E-state index in [-0.39, 0.29) is 23.6 Å². The van der Waals surface area contributed by atoms with Crippen LogP contribution in [0, 0.1) is 17.3 Å². The smallest absolute Gasteiger partial charge is 0.330 e.